The first-order valence-electron chi connectivity index (χ1n) is 42.7. The van der Waals surface area contributed by atoms with Crippen LogP contribution < -0.4 is 64.3 Å². The quantitative estimate of drug-likeness (QED) is 0.0224. The highest BCUT2D eigenvalue weighted by atomic mass is 127. The van der Waals surface area contributed by atoms with E-state index in [1.54, 1.807) is 83.5 Å². The number of nitriles is 1. The van der Waals surface area contributed by atoms with Crippen molar-refractivity contribution in [2.24, 2.45) is 27.4 Å². The van der Waals surface area contributed by atoms with Crippen LogP contribution >= 0.6 is 55.7 Å². The number of nitrogens with two attached hydrogens (primary N) is 1. The normalized spacial score (nSPS) is 16.2. The molecule has 724 valence electrons. The number of benzene rings is 8. The van der Waals surface area contributed by atoms with Crippen LogP contribution in [0.5, 0.6) is 23.0 Å². The zero-order chi connectivity index (χ0) is 95.3. The third kappa shape index (κ3) is 25.8. The summed E-state index contributed by atoms with van der Waals surface area (Å²) in [5, 5.41) is 21.7. The van der Waals surface area contributed by atoms with E-state index in [9.17, 15) is 62.3 Å². The topological polar surface area (TPSA) is 246 Å². The van der Waals surface area contributed by atoms with Crippen molar-refractivity contribution in [3.63, 3.8) is 0 Å². The second-order valence-electron chi connectivity index (χ2n) is 34.4. The maximum atomic E-state index is 13.2. The van der Waals surface area contributed by atoms with Gasteiger partial charge in [0.05, 0.1) is 39.6 Å². The Bertz CT molecular complexity index is 6190. The Kier molecular flexibility index (Phi) is 32.4. The van der Waals surface area contributed by atoms with Crippen molar-refractivity contribution in [1.29, 1.82) is 5.26 Å². The van der Waals surface area contributed by atoms with Crippen molar-refractivity contribution in [3.05, 3.63) is 295 Å². The van der Waals surface area contributed by atoms with E-state index < -0.39 is 31.4 Å². The average molecular weight is 2070 g/mol. The molecule has 12 aromatic rings. The van der Waals surface area contributed by atoms with Crippen LogP contribution in [0.4, 0.5) is 98.2 Å². The number of rotatable bonds is 19. The molecule has 1 unspecified atom stereocenters. The molecule has 0 aliphatic carbocycles. The largest absolute Gasteiger partial charge is 0.573 e. The smallest absolute Gasteiger partial charge is 0.477 e. The van der Waals surface area contributed by atoms with Crippen LogP contribution in [0.1, 0.15) is 76.8 Å². The molecule has 137 heavy (non-hydrogen) atoms. The summed E-state index contributed by atoms with van der Waals surface area (Å²) in [6, 6.07) is 64.9. The molecule has 39 heteroatoms. The summed E-state index contributed by atoms with van der Waals surface area (Å²) in [5.74, 6) is -1.70. The number of carboxylic acids is 1. The number of aromatic nitrogens is 4. The zero-order valence-corrected chi connectivity index (χ0v) is 78.5. The number of imidazole rings is 2. The molecule has 0 saturated carbocycles. The SMILES string of the molecule is C.CCc1nc2ccc(Cl)cn2c1C(=O)CCc1ccc(N2CC3(C2)CN(c2ccc(OC(F)(F)F)cc2)C3)cc1.CCc1nc2ccc(Cl)cn2c1C(=O)O.FC(F)(F)Oc1ccc(N2CC3(CNC3)C2)cc1.N#Cc1ccc(I)cc1.NCc1ccc(N2CC3(C2)CN(c2ccc(OC(F)(F)F)cc2)C3)cc1.O.P.[C-]#[N+]c1ccc(N2CC3(C2)CN(c2ccc(OC(F)(F)F)cc2)C3)cc1. The van der Waals surface area contributed by atoms with Crippen molar-refractivity contribution in [2.75, 3.05) is 139 Å². The summed E-state index contributed by atoms with van der Waals surface area (Å²) in [5.41, 5.74) is 21.0. The Hall–Kier alpha value is -12.2. The number of pyridine rings is 2. The third-order valence-electron chi connectivity index (χ3n) is 24.4. The second-order valence-corrected chi connectivity index (χ2v) is 36.6. The van der Waals surface area contributed by atoms with E-state index in [2.05, 4.69) is 151 Å². The molecule has 4 spiro atoms. The number of carbonyl (C=O) groups excluding carboxylic acids is 1. The lowest BCUT2D eigenvalue weighted by Crippen LogP contribution is -2.72. The van der Waals surface area contributed by atoms with Gasteiger partial charge in [0.15, 0.2) is 17.2 Å². The van der Waals surface area contributed by atoms with Crippen molar-refractivity contribution in [2.45, 2.75) is 79.0 Å². The average Bonchev–Trinajstić information content (AvgIpc) is 1.59. The standard InChI is InChI=1S/C30H28ClF3N4O2.C19H16F3N3O.C19H20F3N3O.C12H13F3N2O.C10H9ClN2O2.C7H4IN.CH4.H2O.H3P/c1-2-25-28(38-15-21(31)6-14-27(38)35-25)26(39)13-5-20-3-7-22(8-4-20)36-16-29(17-36)18-37(19-29)23-9-11-24(12-10-23)40-30(32,33)34;1-23-14-2-4-15(5-3-14)24-10-18(11-24)12-25(13-18)16-6-8-17(9-7-16)26-19(20,21)22;20-19(21,22)26-17-7-5-16(6-8-17)25-12-18(13-25)10-24(11-18)15-3-1-14(9-23)2-4-15;13-12(14,15)18-10-3-1-9(2-4-10)17-7-11(8-17)5-16-6-11;1-2-7-9(10(14)15)13-5-6(11)3-4-8(13)12-7;8-7-3-1-6(5-9)2-4-7;;;/h3-4,6-12,14-15H,2,5,13,16-19H2,1H3;2-9H,10-13H2;1-8H,9-13,23H2;1-4,16H,5-8H2;3-5H,2H2,1H3,(H,14,15);1-4H;1H4;1H2;1H3. The monoisotopic (exact) mass is 2070 g/mol. The maximum absolute atomic E-state index is 13.2. The van der Waals surface area contributed by atoms with Gasteiger partial charge in [-0.1, -0.05) is 80.9 Å². The summed E-state index contributed by atoms with van der Waals surface area (Å²) in [7, 11) is 0. The summed E-state index contributed by atoms with van der Waals surface area (Å²) >= 11 is 14.2. The van der Waals surface area contributed by atoms with Gasteiger partial charge in [-0.15, -0.1) is 52.7 Å². The highest BCUT2D eigenvalue weighted by Gasteiger charge is 2.55. The lowest BCUT2D eigenvalue weighted by molar-refractivity contribution is -0.275. The molecule has 4 aromatic heterocycles. The minimum absolute atomic E-state index is 0. The van der Waals surface area contributed by atoms with Gasteiger partial charge >= 0.3 is 31.4 Å². The van der Waals surface area contributed by atoms with Gasteiger partial charge in [0, 0.05) is 195 Å². The van der Waals surface area contributed by atoms with Gasteiger partial charge in [-0.25, -0.2) is 19.6 Å². The van der Waals surface area contributed by atoms with E-state index in [-0.39, 0.29) is 73.5 Å². The Morgan fingerprint density at radius 1 is 0.460 bits per heavy atom. The first-order valence-corrected chi connectivity index (χ1v) is 44.6. The number of carboxylic acid groups (broad SMARTS) is 1. The van der Waals surface area contributed by atoms with Crippen LogP contribution in [0, 0.1) is 43.1 Å². The fourth-order valence-electron chi connectivity index (χ4n) is 17.9. The van der Waals surface area contributed by atoms with E-state index in [0.717, 1.165) is 170 Å². The number of aromatic carboxylic acids is 1. The number of fused-ring (bicyclic) bond motifs is 2. The molecule has 6 N–H and O–H groups in total. The number of halogens is 15. The van der Waals surface area contributed by atoms with E-state index >= 15 is 0 Å². The fraction of sp³-hybridized carbons (Fsp3) is 0.327. The molecular formula is C98H99Cl2F12IN15O8P. The van der Waals surface area contributed by atoms with Gasteiger partial charge in [0.2, 0.25) is 0 Å². The van der Waals surface area contributed by atoms with Gasteiger partial charge in [0.1, 0.15) is 40.0 Å². The number of Topliss-reactive ketones (excluding diaryl/α,β-unsaturated/α-hetero) is 1. The number of nitrogens with one attached hydrogen (secondary N) is 1. The molecule has 1 atom stereocenters. The summed E-state index contributed by atoms with van der Waals surface area (Å²) in [4.78, 5) is 52.1. The van der Waals surface area contributed by atoms with E-state index in [1.807, 2.05) is 68.4 Å². The maximum Gasteiger partial charge on any atom is 0.573 e. The Morgan fingerprint density at radius 3 is 1.01 bits per heavy atom. The number of hydrogen-bond donors (Lipinski definition) is 3. The van der Waals surface area contributed by atoms with Gasteiger partial charge < -0.3 is 74.9 Å². The first-order chi connectivity index (χ1) is 63.7. The van der Waals surface area contributed by atoms with E-state index in [1.165, 1.54) is 58.6 Å². The molecule has 8 fully saturated rings. The van der Waals surface area contributed by atoms with Crippen LogP contribution in [0.25, 0.3) is 16.1 Å². The molecular weight excluding hydrogens is 1970 g/mol. The summed E-state index contributed by atoms with van der Waals surface area (Å²) < 4.78 is 166. The molecule has 8 aromatic carbocycles. The number of aryl methyl sites for hydroxylation is 3. The van der Waals surface area contributed by atoms with Gasteiger partial charge in [-0.3, -0.25) is 13.6 Å². The minimum Gasteiger partial charge on any atom is -0.477 e. The zero-order valence-electron chi connectivity index (χ0n) is 73.5. The van der Waals surface area contributed by atoms with Gasteiger partial charge in [-0.2, -0.15) is 15.2 Å². The number of hydrogen-bond acceptors (Lipinski definition) is 18. The van der Waals surface area contributed by atoms with Crippen molar-refractivity contribution < 1.29 is 91.8 Å². The van der Waals surface area contributed by atoms with Crippen LogP contribution in [-0.2, 0) is 25.8 Å². The van der Waals surface area contributed by atoms with Gasteiger partial charge in [-0.05, 0) is 235 Å². The minimum atomic E-state index is -4.68. The molecule has 0 amide bonds. The van der Waals surface area contributed by atoms with Crippen LogP contribution in [0.2, 0.25) is 10.0 Å². The predicted molar refractivity (Wildman–Crippen MR) is 518 cm³/mol. The number of nitrogens with zero attached hydrogens (tertiary/aromatic N) is 13. The molecule has 8 saturated heterocycles. The van der Waals surface area contributed by atoms with Crippen LogP contribution in [-0.4, -0.2) is 171 Å². The third-order valence-corrected chi connectivity index (χ3v) is 25.5. The van der Waals surface area contributed by atoms with Crippen LogP contribution in [0.3, 0.4) is 0 Å². The lowest BCUT2D eigenvalue weighted by Gasteiger charge is -2.61. The van der Waals surface area contributed by atoms with Gasteiger partial charge in [0.25, 0.3) is 0 Å². The lowest BCUT2D eigenvalue weighted by atomic mass is 9.72. The number of carbonyl (C=O) groups is 2. The predicted octanol–water partition coefficient (Wildman–Crippen LogP) is 20.7. The van der Waals surface area contributed by atoms with Crippen LogP contribution in [0.15, 0.2) is 231 Å². The van der Waals surface area contributed by atoms with Crippen molar-refractivity contribution in [1.82, 2.24) is 24.1 Å². The molecule has 0 bridgehead atoms. The summed E-state index contributed by atoms with van der Waals surface area (Å²) in [6.07, 6.45) is -13.0. The molecule has 8 aliphatic heterocycles. The molecule has 8 aliphatic rings. The highest BCUT2D eigenvalue weighted by Crippen LogP contribution is 2.48. The van der Waals surface area contributed by atoms with Crippen molar-refractivity contribution >= 4 is 124 Å². The van der Waals surface area contributed by atoms with Crippen molar-refractivity contribution in [3.8, 4) is 29.1 Å². The number of ether oxygens (including phenoxy) is 4. The fourth-order valence-corrected chi connectivity index (χ4v) is 18.5. The number of ketones is 1. The molecule has 0 radical (unpaired) electrons. The second kappa shape index (κ2) is 42.8. The molecule has 12 heterocycles. The summed E-state index contributed by atoms with van der Waals surface area (Å²) in [6.45, 7) is 26.6. The first kappa shape index (κ1) is 104. The number of anilines is 7. The van der Waals surface area contributed by atoms with E-state index in [0.29, 0.717) is 70.4 Å². The Labute approximate surface area is 810 Å². The van der Waals surface area contributed by atoms with E-state index in [4.69, 9.17) is 45.9 Å². The molecule has 23 nitrogen and oxygen atoms in total. The highest BCUT2D eigenvalue weighted by molar-refractivity contribution is 14.1. The Balaban J connectivity index is 0.000000154. The Morgan fingerprint density at radius 2 is 0.745 bits per heavy atom. The molecule has 20 rings (SSSR count). The number of alkyl halides is 12.